The van der Waals surface area contributed by atoms with E-state index in [1.165, 1.54) is 22.9 Å². The van der Waals surface area contributed by atoms with Gasteiger partial charge in [0.25, 0.3) is 0 Å². The summed E-state index contributed by atoms with van der Waals surface area (Å²) >= 11 is 0. The van der Waals surface area contributed by atoms with Crippen molar-refractivity contribution in [1.29, 1.82) is 0 Å². The number of nitrogens with zero attached hydrogens (tertiary/aromatic N) is 2. The first-order chi connectivity index (χ1) is 9.91. The summed E-state index contributed by atoms with van der Waals surface area (Å²) < 4.78 is 40.4. The number of aromatic nitrogens is 2. The van der Waals surface area contributed by atoms with Crippen LogP contribution >= 0.6 is 0 Å². The monoisotopic (exact) mass is 300 g/mol. The second-order valence-electron chi connectivity index (χ2n) is 4.66. The lowest BCUT2D eigenvalue weighted by atomic mass is 10.0. The second-order valence-corrected chi connectivity index (χ2v) is 4.66. The van der Waals surface area contributed by atoms with Crippen LogP contribution in [0.1, 0.15) is 17.0 Å². The Kier molecular flexibility index (Phi) is 4.64. The summed E-state index contributed by atoms with van der Waals surface area (Å²) in [5.41, 5.74) is -0.571. The lowest BCUT2D eigenvalue weighted by molar-refractivity contribution is -0.138. The van der Waals surface area contributed by atoms with Crippen molar-refractivity contribution in [3.05, 3.63) is 53.6 Å². The van der Waals surface area contributed by atoms with Crippen molar-refractivity contribution >= 4 is 0 Å². The minimum atomic E-state index is -4.42. The van der Waals surface area contributed by atoms with Crippen LogP contribution in [0, 0.1) is 0 Å². The molecule has 1 unspecified atom stereocenters. The molecule has 1 atom stereocenters. The van der Waals surface area contributed by atoms with Gasteiger partial charge in [0, 0.05) is 18.8 Å². The fourth-order valence-electron chi connectivity index (χ4n) is 2.08. The number of hydrogen-bond acceptors (Lipinski definition) is 3. The van der Waals surface area contributed by atoms with Crippen LogP contribution in [0.5, 0.6) is 0 Å². The van der Waals surface area contributed by atoms with Gasteiger partial charge in [-0.2, -0.15) is 13.2 Å². The van der Waals surface area contributed by atoms with Crippen LogP contribution < -0.4 is 0 Å². The molecule has 21 heavy (non-hydrogen) atoms. The van der Waals surface area contributed by atoms with Crippen molar-refractivity contribution in [1.82, 2.24) is 9.55 Å². The summed E-state index contributed by atoms with van der Waals surface area (Å²) in [5, 5.41) is 18.3. The third-order valence-electron chi connectivity index (χ3n) is 3.09. The highest BCUT2D eigenvalue weighted by atomic mass is 19.4. The minimum Gasteiger partial charge on any atom is -0.394 e. The van der Waals surface area contributed by atoms with Crippen LogP contribution in [0.15, 0.2) is 36.7 Å². The average molecular weight is 300 g/mol. The van der Waals surface area contributed by atoms with E-state index in [2.05, 4.69) is 4.98 Å². The summed E-state index contributed by atoms with van der Waals surface area (Å²) in [6.45, 7) is -0.337. The zero-order valence-corrected chi connectivity index (χ0v) is 11.1. The summed E-state index contributed by atoms with van der Waals surface area (Å²) in [5.74, 6) is 0.402. The van der Waals surface area contributed by atoms with Gasteiger partial charge in [-0.25, -0.2) is 4.98 Å². The van der Waals surface area contributed by atoms with Crippen molar-refractivity contribution in [2.24, 2.45) is 0 Å². The van der Waals surface area contributed by atoms with Gasteiger partial charge in [-0.15, -0.1) is 0 Å². The smallest absolute Gasteiger partial charge is 0.394 e. The van der Waals surface area contributed by atoms with Crippen LogP contribution in [-0.2, 0) is 19.1 Å². The lowest BCUT2D eigenvalue weighted by Gasteiger charge is -2.14. The Morgan fingerprint density at radius 2 is 1.95 bits per heavy atom. The van der Waals surface area contributed by atoms with Gasteiger partial charge >= 0.3 is 6.18 Å². The van der Waals surface area contributed by atoms with E-state index in [-0.39, 0.29) is 18.5 Å². The first-order valence-electron chi connectivity index (χ1n) is 6.36. The Hall–Kier alpha value is -1.86. The van der Waals surface area contributed by atoms with E-state index in [0.29, 0.717) is 5.82 Å². The van der Waals surface area contributed by atoms with Gasteiger partial charge in [-0.05, 0) is 11.6 Å². The van der Waals surface area contributed by atoms with Crippen molar-refractivity contribution < 1.29 is 23.4 Å². The standard InChI is InChI=1S/C14H15F3N2O2/c15-14(16,17)12-4-2-1-3-10(12)7-13-18-5-6-19(13)8-11(21)9-20/h1-6,11,20-21H,7-9H2. The highest BCUT2D eigenvalue weighted by Gasteiger charge is 2.33. The molecule has 0 bridgehead atoms. The van der Waals surface area contributed by atoms with E-state index in [0.717, 1.165) is 6.07 Å². The van der Waals surface area contributed by atoms with Gasteiger partial charge in [0.2, 0.25) is 0 Å². The molecule has 0 aliphatic rings. The van der Waals surface area contributed by atoms with Crippen LogP contribution in [0.2, 0.25) is 0 Å². The maximum absolute atomic E-state index is 12.9. The minimum absolute atomic E-state index is 0.000825. The molecule has 0 aliphatic heterocycles. The molecule has 4 nitrogen and oxygen atoms in total. The SMILES string of the molecule is OCC(O)Cn1ccnc1Cc1ccccc1C(F)(F)F. The Bertz CT molecular complexity index is 596. The molecule has 2 aromatic rings. The van der Waals surface area contributed by atoms with E-state index >= 15 is 0 Å². The number of halogens is 3. The predicted octanol–water partition coefficient (Wildman–Crippen LogP) is 1.85. The fraction of sp³-hybridized carbons (Fsp3) is 0.357. The molecular formula is C14H15F3N2O2. The van der Waals surface area contributed by atoms with Crippen molar-refractivity contribution in [2.45, 2.75) is 25.2 Å². The van der Waals surface area contributed by atoms with Gasteiger partial charge in [-0.1, -0.05) is 18.2 Å². The third kappa shape index (κ3) is 3.83. The Labute approximate surface area is 119 Å². The maximum Gasteiger partial charge on any atom is 0.416 e. The van der Waals surface area contributed by atoms with Crippen LogP contribution in [0.25, 0.3) is 0 Å². The molecule has 0 aliphatic carbocycles. The quantitative estimate of drug-likeness (QED) is 0.886. The summed E-state index contributed by atoms with van der Waals surface area (Å²) in [6.07, 6.45) is -2.38. The Balaban J connectivity index is 2.26. The van der Waals surface area contributed by atoms with Crippen molar-refractivity contribution in [3.63, 3.8) is 0 Å². The van der Waals surface area contributed by atoms with Crippen molar-refractivity contribution in [2.75, 3.05) is 6.61 Å². The molecule has 0 saturated carbocycles. The first-order valence-corrected chi connectivity index (χ1v) is 6.36. The van der Waals surface area contributed by atoms with Gasteiger partial charge in [0.15, 0.2) is 0 Å². The number of rotatable bonds is 5. The summed E-state index contributed by atoms with van der Waals surface area (Å²) in [7, 11) is 0. The molecule has 1 aromatic carbocycles. The second kappa shape index (κ2) is 6.28. The van der Waals surface area contributed by atoms with E-state index in [1.807, 2.05) is 0 Å². The molecule has 0 amide bonds. The van der Waals surface area contributed by atoms with Gasteiger partial charge < -0.3 is 14.8 Å². The number of imidazole rings is 1. The fourth-order valence-corrected chi connectivity index (χ4v) is 2.08. The number of benzene rings is 1. The van der Waals surface area contributed by atoms with Crippen molar-refractivity contribution in [3.8, 4) is 0 Å². The third-order valence-corrected chi connectivity index (χ3v) is 3.09. The number of aliphatic hydroxyl groups is 2. The molecule has 0 fully saturated rings. The van der Waals surface area contributed by atoms with Crippen LogP contribution in [0.3, 0.4) is 0 Å². The largest absolute Gasteiger partial charge is 0.416 e. The number of hydrogen-bond donors (Lipinski definition) is 2. The normalized spacial score (nSPS) is 13.4. The Morgan fingerprint density at radius 3 is 2.62 bits per heavy atom. The molecule has 2 rings (SSSR count). The van der Waals surface area contributed by atoms with E-state index in [1.54, 1.807) is 12.3 Å². The number of aliphatic hydroxyl groups excluding tert-OH is 2. The molecule has 0 saturated heterocycles. The zero-order valence-electron chi connectivity index (χ0n) is 11.1. The Morgan fingerprint density at radius 1 is 1.24 bits per heavy atom. The van der Waals surface area contributed by atoms with Crippen LogP contribution in [-0.4, -0.2) is 32.5 Å². The van der Waals surface area contributed by atoms with E-state index in [4.69, 9.17) is 5.11 Å². The molecule has 114 valence electrons. The molecule has 0 spiro atoms. The van der Waals surface area contributed by atoms with Gasteiger partial charge in [0.1, 0.15) is 5.82 Å². The topological polar surface area (TPSA) is 58.3 Å². The summed E-state index contributed by atoms with van der Waals surface area (Å²) in [6, 6.07) is 5.32. The molecular weight excluding hydrogens is 285 g/mol. The zero-order chi connectivity index (χ0) is 15.5. The van der Waals surface area contributed by atoms with Gasteiger partial charge in [-0.3, -0.25) is 0 Å². The van der Waals surface area contributed by atoms with Gasteiger partial charge in [0.05, 0.1) is 24.8 Å². The first kappa shape index (κ1) is 15.5. The molecule has 7 heteroatoms. The predicted molar refractivity (Wildman–Crippen MR) is 69.6 cm³/mol. The molecule has 1 aromatic heterocycles. The molecule has 0 radical (unpaired) electrons. The highest BCUT2D eigenvalue weighted by Crippen LogP contribution is 2.32. The molecule has 1 heterocycles. The maximum atomic E-state index is 12.9. The van der Waals surface area contributed by atoms with Crippen LogP contribution in [0.4, 0.5) is 13.2 Å². The van der Waals surface area contributed by atoms with E-state index in [9.17, 15) is 18.3 Å². The van der Waals surface area contributed by atoms with E-state index < -0.39 is 24.5 Å². The lowest BCUT2D eigenvalue weighted by Crippen LogP contribution is -2.21. The highest BCUT2D eigenvalue weighted by molar-refractivity contribution is 5.32. The number of alkyl halides is 3. The average Bonchev–Trinajstić information content (AvgIpc) is 2.85. The molecule has 2 N–H and O–H groups in total. The summed E-state index contributed by atoms with van der Waals surface area (Å²) in [4.78, 5) is 4.02.